The number of benzene rings is 1. The molecule has 1 aromatic carbocycles. The van der Waals surface area contributed by atoms with Crippen LogP contribution in [-0.2, 0) is 4.74 Å². The molecule has 1 saturated heterocycles. The van der Waals surface area contributed by atoms with E-state index in [-0.39, 0.29) is 0 Å². The van der Waals surface area contributed by atoms with Crippen molar-refractivity contribution in [1.29, 1.82) is 0 Å². The molecule has 0 aromatic heterocycles. The van der Waals surface area contributed by atoms with Crippen LogP contribution in [0.3, 0.4) is 0 Å². The van der Waals surface area contributed by atoms with Crippen LogP contribution in [0, 0.1) is 6.92 Å². The summed E-state index contributed by atoms with van der Waals surface area (Å²) < 4.78 is 6.78. The van der Waals surface area contributed by atoms with Crippen molar-refractivity contribution in [3.05, 3.63) is 28.2 Å². The highest BCUT2D eigenvalue weighted by Crippen LogP contribution is 2.20. The minimum Gasteiger partial charge on any atom is -0.385 e. The van der Waals surface area contributed by atoms with Gasteiger partial charge in [-0.3, -0.25) is 0 Å². The van der Waals surface area contributed by atoms with Gasteiger partial charge in [-0.1, -0.05) is 15.9 Å². The Labute approximate surface area is 111 Å². The van der Waals surface area contributed by atoms with Gasteiger partial charge in [-0.25, -0.2) is 0 Å². The Bertz CT molecular complexity index is 364. The molecule has 1 aromatic rings. The number of anilines is 1. The number of hydrogen-bond donors (Lipinski definition) is 2. The highest BCUT2D eigenvalue weighted by Gasteiger charge is 2.12. The summed E-state index contributed by atoms with van der Waals surface area (Å²) in [6, 6.07) is 6.30. The molecule has 0 radical (unpaired) electrons. The Balaban J connectivity index is 1.77. The highest BCUT2D eigenvalue weighted by atomic mass is 79.9. The van der Waals surface area contributed by atoms with E-state index in [9.17, 15) is 0 Å². The third kappa shape index (κ3) is 3.98. The molecule has 4 heteroatoms. The largest absolute Gasteiger partial charge is 0.385 e. The molecular weight excluding hydrogens is 280 g/mol. The van der Waals surface area contributed by atoms with Gasteiger partial charge in [-0.15, -0.1) is 0 Å². The molecule has 1 aliphatic heterocycles. The average molecular weight is 299 g/mol. The van der Waals surface area contributed by atoms with Gasteiger partial charge in [0, 0.05) is 29.8 Å². The molecule has 1 atom stereocenters. The molecule has 2 N–H and O–H groups in total. The lowest BCUT2D eigenvalue weighted by Crippen LogP contribution is -2.39. The highest BCUT2D eigenvalue weighted by molar-refractivity contribution is 9.10. The van der Waals surface area contributed by atoms with Crippen LogP contribution in [0.1, 0.15) is 12.0 Å². The Morgan fingerprint density at radius 3 is 3.12 bits per heavy atom. The Kier molecular flexibility index (Phi) is 4.83. The van der Waals surface area contributed by atoms with E-state index in [2.05, 4.69) is 51.7 Å². The Morgan fingerprint density at radius 2 is 2.41 bits per heavy atom. The summed E-state index contributed by atoms with van der Waals surface area (Å²) in [4.78, 5) is 0. The topological polar surface area (TPSA) is 33.3 Å². The third-order valence-electron chi connectivity index (χ3n) is 2.97. The smallest absolute Gasteiger partial charge is 0.0716 e. The number of nitrogens with one attached hydrogen (secondary N) is 2. The first-order chi connectivity index (χ1) is 8.25. The van der Waals surface area contributed by atoms with Crippen LogP contribution in [0.15, 0.2) is 22.7 Å². The molecule has 0 spiro atoms. The van der Waals surface area contributed by atoms with Crippen molar-refractivity contribution >= 4 is 21.6 Å². The fraction of sp³-hybridized carbons (Fsp3) is 0.538. The van der Waals surface area contributed by atoms with E-state index in [0.29, 0.717) is 6.10 Å². The lowest BCUT2D eigenvalue weighted by atomic mass is 10.2. The van der Waals surface area contributed by atoms with Gasteiger partial charge >= 0.3 is 0 Å². The number of halogens is 1. The van der Waals surface area contributed by atoms with Gasteiger partial charge in [0.2, 0.25) is 0 Å². The number of hydrogen-bond acceptors (Lipinski definition) is 3. The SMILES string of the molecule is Cc1cc(Br)ccc1NCCC1CNCCO1. The monoisotopic (exact) mass is 298 g/mol. The van der Waals surface area contributed by atoms with Crippen molar-refractivity contribution in [2.75, 3.05) is 31.6 Å². The second-order valence-corrected chi connectivity index (χ2v) is 5.29. The zero-order valence-electron chi connectivity index (χ0n) is 10.1. The quantitative estimate of drug-likeness (QED) is 0.896. The van der Waals surface area contributed by atoms with Gasteiger partial charge in [0.1, 0.15) is 0 Å². The van der Waals surface area contributed by atoms with Crippen molar-refractivity contribution in [3.63, 3.8) is 0 Å². The summed E-state index contributed by atoms with van der Waals surface area (Å²) >= 11 is 3.47. The number of ether oxygens (including phenoxy) is 1. The molecular formula is C13H19BrN2O. The van der Waals surface area contributed by atoms with Gasteiger partial charge < -0.3 is 15.4 Å². The molecule has 1 aliphatic rings. The molecule has 94 valence electrons. The van der Waals surface area contributed by atoms with E-state index in [4.69, 9.17) is 4.74 Å². The maximum Gasteiger partial charge on any atom is 0.0716 e. The predicted octanol–water partition coefficient (Wildman–Crippen LogP) is 2.55. The van der Waals surface area contributed by atoms with Crippen LogP contribution >= 0.6 is 15.9 Å². The molecule has 1 fully saturated rings. The van der Waals surface area contributed by atoms with E-state index >= 15 is 0 Å². The minimum atomic E-state index is 0.354. The average Bonchev–Trinajstić information content (AvgIpc) is 2.33. The normalized spacial score (nSPS) is 20.2. The van der Waals surface area contributed by atoms with E-state index in [1.54, 1.807) is 0 Å². The van der Waals surface area contributed by atoms with Crippen LogP contribution in [0.25, 0.3) is 0 Å². The molecule has 0 aliphatic carbocycles. The van der Waals surface area contributed by atoms with Crippen molar-refractivity contribution in [1.82, 2.24) is 5.32 Å². The van der Waals surface area contributed by atoms with Crippen LogP contribution in [0.5, 0.6) is 0 Å². The van der Waals surface area contributed by atoms with Gasteiger partial charge in [-0.05, 0) is 37.1 Å². The maximum atomic E-state index is 5.66. The van der Waals surface area contributed by atoms with Crippen molar-refractivity contribution < 1.29 is 4.74 Å². The number of aryl methyl sites for hydroxylation is 1. The zero-order chi connectivity index (χ0) is 12.1. The van der Waals surface area contributed by atoms with Crippen LogP contribution in [-0.4, -0.2) is 32.3 Å². The van der Waals surface area contributed by atoms with E-state index in [0.717, 1.165) is 37.1 Å². The Morgan fingerprint density at radius 1 is 1.53 bits per heavy atom. The second kappa shape index (κ2) is 6.38. The van der Waals surface area contributed by atoms with E-state index < -0.39 is 0 Å². The number of rotatable bonds is 4. The summed E-state index contributed by atoms with van der Waals surface area (Å²) in [6.45, 7) is 5.86. The maximum absolute atomic E-state index is 5.66. The van der Waals surface area contributed by atoms with E-state index in [1.165, 1.54) is 11.3 Å². The zero-order valence-corrected chi connectivity index (χ0v) is 11.7. The third-order valence-corrected chi connectivity index (χ3v) is 3.47. The predicted molar refractivity (Wildman–Crippen MR) is 74.6 cm³/mol. The number of morpholine rings is 1. The first-order valence-electron chi connectivity index (χ1n) is 6.08. The molecule has 0 amide bonds. The van der Waals surface area contributed by atoms with Crippen molar-refractivity contribution in [3.8, 4) is 0 Å². The van der Waals surface area contributed by atoms with Gasteiger partial charge in [0.25, 0.3) is 0 Å². The van der Waals surface area contributed by atoms with Crippen LogP contribution < -0.4 is 10.6 Å². The fourth-order valence-electron chi connectivity index (χ4n) is 2.00. The molecule has 0 saturated carbocycles. The lowest BCUT2D eigenvalue weighted by molar-refractivity contribution is 0.0258. The summed E-state index contributed by atoms with van der Waals surface area (Å²) in [5, 5.41) is 6.80. The summed E-state index contributed by atoms with van der Waals surface area (Å²) in [6.07, 6.45) is 1.40. The molecule has 2 rings (SSSR count). The summed E-state index contributed by atoms with van der Waals surface area (Å²) in [5.41, 5.74) is 2.47. The van der Waals surface area contributed by atoms with Crippen LogP contribution in [0.4, 0.5) is 5.69 Å². The van der Waals surface area contributed by atoms with E-state index in [1.807, 2.05) is 0 Å². The lowest BCUT2D eigenvalue weighted by Gasteiger charge is -2.23. The van der Waals surface area contributed by atoms with Crippen molar-refractivity contribution in [2.24, 2.45) is 0 Å². The standard InChI is InChI=1S/C13H19BrN2O/c1-10-8-11(14)2-3-13(10)16-5-4-12-9-15-6-7-17-12/h2-3,8,12,15-16H,4-7,9H2,1H3. The second-order valence-electron chi connectivity index (χ2n) is 4.37. The van der Waals surface area contributed by atoms with Gasteiger partial charge in [0.05, 0.1) is 12.7 Å². The minimum absolute atomic E-state index is 0.354. The summed E-state index contributed by atoms with van der Waals surface area (Å²) in [5.74, 6) is 0. The molecule has 17 heavy (non-hydrogen) atoms. The first kappa shape index (κ1) is 12.9. The molecule has 3 nitrogen and oxygen atoms in total. The van der Waals surface area contributed by atoms with Gasteiger partial charge in [-0.2, -0.15) is 0 Å². The Hall–Kier alpha value is -0.580. The molecule has 1 heterocycles. The molecule has 1 unspecified atom stereocenters. The molecule has 0 bridgehead atoms. The summed E-state index contributed by atoms with van der Waals surface area (Å²) in [7, 11) is 0. The van der Waals surface area contributed by atoms with Crippen molar-refractivity contribution in [2.45, 2.75) is 19.4 Å². The van der Waals surface area contributed by atoms with Gasteiger partial charge in [0.15, 0.2) is 0 Å². The van der Waals surface area contributed by atoms with Crippen LogP contribution in [0.2, 0.25) is 0 Å². The first-order valence-corrected chi connectivity index (χ1v) is 6.87. The fourth-order valence-corrected chi connectivity index (χ4v) is 2.47.